The average Bonchev–Trinajstić information content (AvgIpc) is 3.03. The van der Waals surface area contributed by atoms with E-state index in [1.807, 2.05) is 104 Å². The fraction of sp³-hybridized carbons (Fsp3) is 0.257. The van der Waals surface area contributed by atoms with Crippen molar-refractivity contribution in [3.8, 4) is 0 Å². The van der Waals surface area contributed by atoms with Crippen molar-refractivity contribution in [1.82, 2.24) is 9.47 Å². The van der Waals surface area contributed by atoms with E-state index in [-0.39, 0.29) is 12.1 Å². The lowest BCUT2D eigenvalue weighted by Crippen LogP contribution is -2.51. The van der Waals surface area contributed by atoms with Gasteiger partial charge < -0.3 is 19.3 Å². The van der Waals surface area contributed by atoms with Crippen molar-refractivity contribution in [2.45, 2.75) is 19.4 Å². The molecule has 0 saturated carbocycles. The first-order valence-corrected chi connectivity index (χ1v) is 14.5. The first-order chi connectivity index (χ1) is 20.8. The summed E-state index contributed by atoms with van der Waals surface area (Å²) in [6.45, 7) is 2.22. The Kier molecular flexibility index (Phi) is 9.15. The molecule has 1 saturated heterocycles. The van der Waals surface area contributed by atoms with Crippen LogP contribution in [0, 0.1) is 0 Å². The zero-order chi connectivity index (χ0) is 30.3. The minimum atomic E-state index is -0.795. The van der Waals surface area contributed by atoms with Gasteiger partial charge in [-0.3, -0.25) is 19.2 Å². The minimum Gasteiger partial charge on any atom is -0.378 e. The maximum Gasteiger partial charge on any atom is 0.290 e. The summed E-state index contributed by atoms with van der Waals surface area (Å²) >= 11 is 0. The quantitative estimate of drug-likeness (QED) is 0.161. The number of pyridine rings is 1. The van der Waals surface area contributed by atoms with Gasteiger partial charge in [-0.25, -0.2) is 0 Å². The molecule has 8 heteroatoms. The molecular weight excluding hydrogens is 540 g/mol. The third-order valence-electron chi connectivity index (χ3n) is 7.75. The molecule has 4 aromatic rings. The van der Waals surface area contributed by atoms with Crippen molar-refractivity contribution < 1.29 is 14.4 Å². The monoisotopic (exact) mass is 576 g/mol. The van der Waals surface area contributed by atoms with Crippen LogP contribution in [-0.4, -0.2) is 67.2 Å². The Balaban J connectivity index is 1.27. The second-order valence-electron chi connectivity index (χ2n) is 11.1. The van der Waals surface area contributed by atoms with Crippen LogP contribution in [0.4, 0.5) is 11.4 Å². The van der Waals surface area contributed by atoms with Crippen molar-refractivity contribution in [3.63, 3.8) is 0 Å². The van der Waals surface area contributed by atoms with Gasteiger partial charge in [-0.15, -0.1) is 0 Å². The van der Waals surface area contributed by atoms with Gasteiger partial charge in [-0.05, 0) is 53.4 Å². The molecule has 1 aromatic heterocycles. The fourth-order valence-electron chi connectivity index (χ4n) is 5.35. The molecule has 8 nitrogen and oxygen atoms in total. The van der Waals surface area contributed by atoms with E-state index in [0.717, 1.165) is 28.1 Å². The van der Waals surface area contributed by atoms with Crippen LogP contribution in [0.2, 0.25) is 0 Å². The Morgan fingerprint density at radius 2 is 1.35 bits per heavy atom. The first kappa shape index (κ1) is 29.5. The number of piperazine rings is 1. The van der Waals surface area contributed by atoms with E-state index in [1.54, 1.807) is 12.3 Å². The maximum atomic E-state index is 13.4. The van der Waals surface area contributed by atoms with E-state index < -0.39 is 29.5 Å². The molecule has 0 radical (unpaired) electrons. The highest BCUT2D eigenvalue weighted by molar-refractivity contribution is 6.40. The summed E-state index contributed by atoms with van der Waals surface area (Å²) in [5.41, 5.74) is 4.34. The molecule has 0 spiro atoms. The Morgan fingerprint density at radius 1 is 0.744 bits per heavy atom. The van der Waals surface area contributed by atoms with Gasteiger partial charge in [0.2, 0.25) is 5.78 Å². The van der Waals surface area contributed by atoms with Gasteiger partial charge in [0.15, 0.2) is 5.78 Å². The molecule has 43 heavy (non-hydrogen) atoms. The predicted molar refractivity (Wildman–Crippen MR) is 169 cm³/mol. The highest BCUT2D eigenvalue weighted by Crippen LogP contribution is 2.21. The zero-order valence-electron chi connectivity index (χ0n) is 24.6. The van der Waals surface area contributed by atoms with E-state index >= 15 is 0 Å². The van der Waals surface area contributed by atoms with Crippen LogP contribution in [-0.2, 0) is 22.6 Å². The summed E-state index contributed by atoms with van der Waals surface area (Å²) in [5, 5.41) is 0. The number of benzene rings is 3. The summed E-state index contributed by atoms with van der Waals surface area (Å²) in [7, 11) is 3.98. The molecule has 0 unspecified atom stereocenters. The summed E-state index contributed by atoms with van der Waals surface area (Å²) < 4.78 is 1.51. The first-order valence-electron chi connectivity index (χ1n) is 14.5. The second kappa shape index (κ2) is 13.3. The van der Waals surface area contributed by atoms with Gasteiger partial charge >= 0.3 is 0 Å². The molecule has 220 valence electrons. The minimum absolute atomic E-state index is 0.0727. The Labute approximate surface area is 251 Å². The van der Waals surface area contributed by atoms with Gasteiger partial charge in [0.25, 0.3) is 11.5 Å². The molecule has 0 N–H and O–H groups in total. The average molecular weight is 577 g/mol. The number of amides is 1. The van der Waals surface area contributed by atoms with E-state index in [2.05, 4.69) is 4.90 Å². The fourth-order valence-corrected chi connectivity index (χ4v) is 5.35. The summed E-state index contributed by atoms with van der Waals surface area (Å²) in [4.78, 5) is 58.6. The van der Waals surface area contributed by atoms with E-state index in [9.17, 15) is 19.2 Å². The largest absolute Gasteiger partial charge is 0.378 e. The standard InChI is InChI=1S/C35H36N4O4/c1-36(2)29-13-15-30(16-14-29)37-17-19-38(20-18-37)35(43)33(41)23-32(40)31-22-28(21-26-9-5-3-6-10-26)25-39(34(31)42)24-27-11-7-4-8-12-27/h3-16,22,25H,17-21,23-24H2,1-2H3. The van der Waals surface area contributed by atoms with Crippen LogP contribution in [0.3, 0.4) is 0 Å². The molecule has 5 rings (SSSR count). The summed E-state index contributed by atoms with van der Waals surface area (Å²) in [6.07, 6.45) is 1.64. The SMILES string of the molecule is CN(C)c1ccc(N2CCN(C(=O)C(=O)CC(=O)c3cc(Cc4ccccc4)cn(Cc4ccccc4)c3=O)CC2)cc1. The number of rotatable bonds is 10. The number of aromatic nitrogens is 1. The molecule has 2 heterocycles. The van der Waals surface area contributed by atoms with Crippen LogP contribution < -0.4 is 15.4 Å². The van der Waals surface area contributed by atoms with Gasteiger partial charge in [0.05, 0.1) is 18.5 Å². The highest BCUT2D eigenvalue weighted by Gasteiger charge is 2.28. The molecule has 0 bridgehead atoms. The van der Waals surface area contributed by atoms with Crippen molar-refractivity contribution in [2.75, 3.05) is 50.1 Å². The highest BCUT2D eigenvalue weighted by atomic mass is 16.2. The molecule has 1 amide bonds. The zero-order valence-corrected chi connectivity index (χ0v) is 24.6. The number of hydrogen-bond donors (Lipinski definition) is 0. The van der Waals surface area contributed by atoms with Gasteiger partial charge in [0, 0.05) is 57.8 Å². The van der Waals surface area contributed by atoms with Crippen LogP contribution >= 0.6 is 0 Å². The van der Waals surface area contributed by atoms with Crippen molar-refractivity contribution in [3.05, 3.63) is 130 Å². The third-order valence-corrected chi connectivity index (χ3v) is 7.75. The molecule has 1 aliphatic rings. The van der Waals surface area contributed by atoms with E-state index in [0.29, 0.717) is 32.6 Å². The Hall–Kier alpha value is -4.98. The Bertz CT molecular complexity index is 1640. The van der Waals surface area contributed by atoms with Crippen molar-refractivity contribution in [1.29, 1.82) is 0 Å². The molecule has 0 aliphatic carbocycles. The predicted octanol–water partition coefficient (Wildman–Crippen LogP) is 4.04. The Morgan fingerprint density at radius 3 is 1.95 bits per heavy atom. The molecular formula is C35H36N4O4. The number of ketones is 2. The van der Waals surface area contributed by atoms with Gasteiger partial charge in [-0.1, -0.05) is 60.7 Å². The summed E-state index contributed by atoms with van der Waals surface area (Å²) in [6, 6.07) is 29.0. The number of Topliss-reactive ketones (excluding diaryl/α,β-unsaturated/α-hetero) is 2. The summed E-state index contributed by atoms with van der Waals surface area (Å²) in [5.74, 6) is -2.11. The normalized spacial score (nSPS) is 13.1. The maximum absolute atomic E-state index is 13.4. The smallest absolute Gasteiger partial charge is 0.290 e. The lowest BCUT2D eigenvalue weighted by Gasteiger charge is -2.36. The molecule has 1 fully saturated rings. The number of carbonyl (C=O) groups excluding carboxylic acids is 3. The van der Waals surface area contributed by atoms with Crippen LogP contribution in [0.1, 0.15) is 33.5 Å². The number of carbonyl (C=O) groups is 3. The van der Waals surface area contributed by atoms with Crippen molar-refractivity contribution >= 4 is 28.8 Å². The molecule has 3 aromatic carbocycles. The number of nitrogens with zero attached hydrogens (tertiary/aromatic N) is 4. The molecule has 1 aliphatic heterocycles. The lowest BCUT2D eigenvalue weighted by atomic mass is 10.0. The topological polar surface area (TPSA) is 82.9 Å². The van der Waals surface area contributed by atoms with E-state index in [1.165, 1.54) is 9.47 Å². The lowest BCUT2D eigenvalue weighted by molar-refractivity contribution is -0.144. The second-order valence-corrected chi connectivity index (χ2v) is 11.1. The van der Waals surface area contributed by atoms with Crippen LogP contribution in [0.15, 0.2) is 102 Å². The number of anilines is 2. The van der Waals surface area contributed by atoms with E-state index in [4.69, 9.17) is 0 Å². The third kappa shape index (κ3) is 7.27. The van der Waals surface area contributed by atoms with Crippen LogP contribution in [0.25, 0.3) is 0 Å². The molecule has 0 atom stereocenters. The van der Waals surface area contributed by atoms with Crippen LogP contribution in [0.5, 0.6) is 0 Å². The number of hydrogen-bond acceptors (Lipinski definition) is 6. The van der Waals surface area contributed by atoms with Gasteiger partial charge in [0.1, 0.15) is 0 Å². The van der Waals surface area contributed by atoms with Gasteiger partial charge in [-0.2, -0.15) is 0 Å². The van der Waals surface area contributed by atoms with Crippen molar-refractivity contribution in [2.24, 2.45) is 0 Å².